The fourth-order valence-corrected chi connectivity index (χ4v) is 2.35. The highest BCUT2D eigenvalue weighted by atomic mass is 19.1. The van der Waals surface area contributed by atoms with E-state index in [1.54, 1.807) is 12.1 Å². The molecular weight excluding hydrogens is 245 g/mol. The molecule has 1 aromatic carbocycles. The summed E-state index contributed by atoms with van der Waals surface area (Å²) < 4.78 is 24.8. The van der Waals surface area contributed by atoms with E-state index in [4.69, 9.17) is 9.47 Å². The Kier molecular flexibility index (Phi) is 5.76. The molecule has 1 atom stereocenters. The predicted octanol–water partition coefficient (Wildman–Crippen LogP) is 2.53. The van der Waals surface area contributed by atoms with Crippen LogP contribution in [-0.2, 0) is 9.47 Å². The van der Waals surface area contributed by atoms with Crippen molar-refractivity contribution in [3.05, 3.63) is 35.6 Å². The summed E-state index contributed by atoms with van der Waals surface area (Å²) in [5.74, 6) is 0.392. The third-order valence-corrected chi connectivity index (χ3v) is 3.61. The van der Waals surface area contributed by atoms with Crippen molar-refractivity contribution >= 4 is 0 Å². The summed E-state index contributed by atoms with van der Waals surface area (Å²) in [6.07, 6.45) is 2.12. The second kappa shape index (κ2) is 7.58. The van der Waals surface area contributed by atoms with Crippen LogP contribution in [0.3, 0.4) is 0 Å². The number of halogens is 1. The van der Waals surface area contributed by atoms with Crippen LogP contribution >= 0.6 is 0 Å². The monoisotopic (exact) mass is 267 g/mol. The minimum absolute atomic E-state index is 0.0963. The predicted molar refractivity (Wildman–Crippen MR) is 72.6 cm³/mol. The summed E-state index contributed by atoms with van der Waals surface area (Å²) in [6.45, 7) is 2.89. The lowest BCUT2D eigenvalue weighted by Crippen LogP contribution is -2.26. The average Bonchev–Trinajstić information content (AvgIpc) is 2.46. The van der Waals surface area contributed by atoms with E-state index in [9.17, 15) is 4.39 Å². The largest absolute Gasteiger partial charge is 0.381 e. The normalized spacial score (nSPS) is 18.4. The first-order valence-electron chi connectivity index (χ1n) is 6.88. The van der Waals surface area contributed by atoms with Crippen LogP contribution < -0.4 is 5.32 Å². The van der Waals surface area contributed by atoms with Crippen LogP contribution in [-0.4, -0.2) is 33.5 Å². The van der Waals surface area contributed by atoms with Crippen LogP contribution in [0.15, 0.2) is 24.3 Å². The van der Waals surface area contributed by atoms with Gasteiger partial charge in [-0.3, -0.25) is 0 Å². The van der Waals surface area contributed by atoms with E-state index >= 15 is 0 Å². The lowest BCUT2D eigenvalue weighted by Gasteiger charge is -2.23. The molecule has 3 nitrogen and oxygen atoms in total. The Morgan fingerprint density at radius 3 is 2.79 bits per heavy atom. The van der Waals surface area contributed by atoms with Crippen molar-refractivity contribution in [1.29, 1.82) is 0 Å². The lowest BCUT2D eigenvalue weighted by atomic mass is 10.0. The first kappa shape index (κ1) is 14.4. The molecule has 1 fully saturated rings. The summed E-state index contributed by atoms with van der Waals surface area (Å²) in [7, 11) is 1.83. The maximum atomic E-state index is 13.7. The minimum Gasteiger partial charge on any atom is -0.381 e. The molecule has 0 amide bonds. The van der Waals surface area contributed by atoms with Crippen LogP contribution in [0, 0.1) is 11.7 Å². The van der Waals surface area contributed by atoms with Crippen molar-refractivity contribution < 1.29 is 13.9 Å². The van der Waals surface area contributed by atoms with Gasteiger partial charge in [0.2, 0.25) is 0 Å². The van der Waals surface area contributed by atoms with Gasteiger partial charge >= 0.3 is 0 Å². The average molecular weight is 267 g/mol. The van der Waals surface area contributed by atoms with E-state index in [0.717, 1.165) is 32.7 Å². The Morgan fingerprint density at radius 1 is 1.37 bits per heavy atom. The zero-order valence-electron chi connectivity index (χ0n) is 11.4. The number of ether oxygens (including phenoxy) is 2. The highest BCUT2D eigenvalue weighted by Gasteiger charge is 2.17. The first-order valence-corrected chi connectivity index (χ1v) is 6.88. The van der Waals surface area contributed by atoms with Gasteiger partial charge in [-0.15, -0.1) is 0 Å². The molecule has 0 radical (unpaired) electrons. The molecule has 1 N–H and O–H groups in total. The summed E-state index contributed by atoms with van der Waals surface area (Å²) in [5.41, 5.74) is 0.664. The van der Waals surface area contributed by atoms with Crippen LogP contribution in [0.2, 0.25) is 0 Å². The number of rotatable bonds is 6. The van der Waals surface area contributed by atoms with E-state index in [-0.39, 0.29) is 11.9 Å². The minimum atomic E-state index is -0.184. The molecule has 0 saturated carbocycles. The third kappa shape index (κ3) is 4.27. The highest BCUT2D eigenvalue weighted by molar-refractivity contribution is 5.21. The molecule has 1 unspecified atom stereocenters. The van der Waals surface area contributed by atoms with E-state index in [1.165, 1.54) is 6.07 Å². The molecule has 1 aromatic rings. The molecule has 4 heteroatoms. The second-order valence-electron chi connectivity index (χ2n) is 4.96. The van der Waals surface area contributed by atoms with Gasteiger partial charge in [-0.1, -0.05) is 18.2 Å². The van der Waals surface area contributed by atoms with Crippen molar-refractivity contribution in [3.8, 4) is 0 Å². The lowest BCUT2D eigenvalue weighted by molar-refractivity contribution is 0.0154. The molecule has 2 rings (SSSR count). The second-order valence-corrected chi connectivity index (χ2v) is 4.96. The Morgan fingerprint density at radius 2 is 2.11 bits per heavy atom. The number of hydrogen-bond donors (Lipinski definition) is 1. The Labute approximate surface area is 114 Å². The topological polar surface area (TPSA) is 30.5 Å². The number of benzene rings is 1. The molecule has 1 aliphatic rings. The Bertz CT molecular complexity index is 380. The standard InChI is InChI=1S/C15H22FNO2/c1-17-15(13-4-2-3-5-14(13)16)11-19-10-12-6-8-18-9-7-12/h2-5,12,15,17H,6-11H2,1H3. The molecule has 19 heavy (non-hydrogen) atoms. The van der Waals surface area contributed by atoms with E-state index < -0.39 is 0 Å². The molecule has 1 saturated heterocycles. The van der Waals surface area contributed by atoms with E-state index in [1.807, 2.05) is 13.1 Å². The Balaban J connectivity index is 1.81. The fraction of sp³-hybridized carbons (Fsp3) is 0.600. The number of likely N-dealkylation sites (N-methyl/N-ethyl adjacent to an activating group) is 1. The van der Waals surface area contributed by atoms with Gasteiger partial charge in [0.1, 0.15) is 5.82 Å². The van der Waals surface area contributed by atoms with Crippen molar-refractivity contribution in [3.63, 3.8) is 0 Å². The zero-order chi connectivity index (χ0) is 13.5. The van der Waals surface area contributed by atoms with Gasteiger partial charge in [0.05, 0.1) is 12.6 Å². The third-order valence-electron chi connectivity index (χ3n) is 3.61. The fourth-order valence-electron chi connectivity index (χ4n) is 2.35. The van der Waals surface area contributed by atoms with Gasteiger partial charge in [-0.25, -0.2) is 4.39 Å². The van der Waals surface area contributed by atoms with Gasteiger partial charge in [0.25, 0.3) is 0 Å². The van der Waals surface area contributed by atoms with Crippen LogP contribution in [0.5, 0.6) is 0 Å². The maximum absolute atomic E-state index is 13.7. The molecule has 0 bridgehead atoms. The highest BCUT2D eigenvalue weighted by Crippen LogP contribution is 2.19. The van der Waals surface area contributed by atoms with Gasteiger partial charge in [0.15, 0.2) is 0 Å². The van der Waals surface area contributed by atoms with Gasteiger partial charge in [-0.2, -0.15) is 0 Å². The van der Waals surface area contributed by atoms with Gasteiger partial charge < -0.3 is 14.8 Å². The quantitative estimate of drug-likeness (QED) is 0.859. The van der Waals surface area contributed by atoms with Gasteiger partial charge in [-0.05, 0) is 31.9 Å². The summed E-state index contributed by atoms with van der Waals surface area (Å²) >= 11 is 0. The molecular formula is C15H22FNO2. The molecule has 1 aliphatic heterocycles. The van der Waals surface area contributed by atoms with Crippen molar-refractivity contribution in [2.45, 2.75) is 18.9 Å². The van der Waals surface area contributed by atoms with Crippen molar-refractivity contribution in [2.75, 3.05) is 33.5 Å². The summed E-state index contributed by atoms with van der Waals surface area (Å²) in [6, 6.07) is 6.74. The summed E-state index contributed by atoms with van der Waals surface area (Å²) in [4.78, 5) is 0. The smallest absolute Gasteiger partial charge is 0.128 e. The van der Waals surface area contributed by atoms with Crippen molar-refractivity contribution in [1.82, 2.24) is 5.32 Å². The van der Waals surface area contributed by atoms with Crippen molar-refractivity contribution in [2.24, 2.45) is 5.92 Å². The van der Waals surface area contributed by atoms with Crippen LogP contribution in [0.1, 0.15) is 24.4 Å². The molecule has 0 spiro atoms. The zero-order valence-corrected chi connectivity index (χ0v) is 11.4. The maximum Gasteiger partial charge on any atom is 0.128 e. The number of hydrogen-bond acceptors (Lipinski definition) is 3. The molecule has 106 valence electrons. The molecule has 1 heterocycles. The summed E-state index contributed by atoms with van der Waals surface area (Å²) in [5, 5.41) is 3.11. The van der Waals surface area contributed by atoms with E-state index in [0.29, 0.717) is 18.1 Å². The van der Waals surface area contributed by atoms with Gasteiger partial charge in [0, 0.05) is 25.4 Å². The van der Waals surface area contributed by atoms with Crippen LogP contribution in [0.25, 0.3) is 0 Å². The molecule has 0 aromatic heterocycles. The van der Waals surface area contributed by atoms with Crippen LogP contribution in [0.4, 0.5) is 4.39 Å². The number of nitrogens with one attached hydrogen (secondary N) is 1. The SMILES string of the molecule is CNC(COCC1CCOCC1)c1ccccc1F. The van der Waals surface area contributed by atoms with E-state index in [2.05, 4.69) is 5.32 Å². The Hall–Kier alpha value is -0.970. The molecule has 0 aliphatic carbocycles. The first-order chi connectivity index (χ1) is 9.31.